The zero-order valence-corrected chi connectivity index (χ0v) is 18.7. The normalized spacial score (nSPS) is 31.6. The van der Waals surface area contributed by atoms with Crippen molar-refractivity contribution in [2.24, 2.45) is 23.2 Å². The summed E-state index contributed by atoms with van der Waals surface area (Å²) in [6, 6.07) is 7.55. The number of hydrogen-bond acceptors (Lipinski definition) is 4. The van der Waals surface area contributed by atoms with Gasteiger partial charge in [-0.3, -0.25) is 4.79 Å². The minimum Gasteiger partial charge on any atom is -0.354 e. The van der Waals surface area contributed by atoms with Crippen LogP contribution >= 0.6 is 11.8 Å². The summed E-state index contributed by atoms with van der Waals surface area (Å²) < 4.78 is 28.1. The number of hydrogen-bond donors (Lipinski definition) is 2. The van der Waals surface area contributed by atoms with Gasteiger partial charge in [-0.2, -0.15) is 16.5 Å². The van der Waals surface area contributed by atoms with Gasteiger partial charge in [0.2, 0.25) is 15.9 Å². The molecule has 29 heavy (non-hydrogen) atoms. The van der Waals surface area contributed by atoms with Gasteiger partial charge in [0.1, 0.15) is 6.04 Å². The van der Waals surface area contributed by atoms with Crippen LogP contribution in [-0.2, 0) is 14.8 Å². The highest BCUT2D eigenvalue weighted by molar-refractivity contribution is 7.98. The van der Waals surface area contributed by atoms with E-state index < -0.39 is 16.1 Å². The van der Waals surface area contributed by atoms with Gasteiger partial charge in [-0.15, -0.1) is 0 Å². The Balaban J connectivity index is 1.41. The van der Waals surface area contributed by atoms with E-state index in [0.717, 1.165) is 23.5 Å². The van der Waals surface area contributed by atoms with Crippen molar-refractivity contribution in [1.82, 2.24) is 10.0 Å². The summed E-state index contributed by atoms with van der Waals surface area (Å²) in [7, 11) is -3.72. The minimum absolute atomic E-state index is 0.186. The number of amides is 1. The highest BCUT2D eigenvalue weighted by Gasteiger charge is 2.50. The second-order valence-electron chi connectivity index (χ2n) is 9.40. The fourth-order valence-electron chi connectivity index (χ4n) is 6.24. The Bertz CT molecular complexity index is 790. The van der Waals surface area contributed by atoms with Crippen LogP contribution in [0.4, 0.5) is 0 Å². The molecule has 4 bridgehead atoms. The van der Waals surface area contributed by atoms with Crippen LogP contribution in [0.3, 0.4) is 0 Å². The van der Waals surface area contributed by atoms with Gasteiger partial charge in [0.05, 0.1) is 4.90 Å². The van der Waals surface area contributed by atoms with Gasteiger partial charge in [0, 0.05) is 6.54 Å². The Morgan fingerprint density at radius 3 is 2.24 bits per heavy atom. The van der Waals surface area contributed by atoms with Crippen molar-refractivity contribution in [3.8, 4) is 0 Å². The molecular weight excluding hydrogens is 404 g/mol. The first kappa shape index (κ1) is 21.2. The molecule has 4 fully saturated rings. The smallest absolute Gasteiger partial charge is 0.241 e. The lowest BCUT2D eigenvalue weighted by molar-refractivity contribution is -0.124. The molecule has 1 atom stereocenters. The number of carbonyl (C=O) groups is 1. The van der Waals surface area contributed by atoms with Crippen molar-refractivity contribution >= 4 is 27.7 Å². The first-order valence-corrected chi connectivity index (χ1v) is 13.6. The van der Waals surface area contributed by atoms with Gasteiger partial charge in [-0.25, -0.2) is 8.42 Å². The number of carbonyl (C=O) groups excluding carboxylic acids is 1. The van der Waals surface area contributed by atoms with Crippen LogP contribution in [0.5, 0.6) is 0 Å². The molecule has 4 saturated carbocycles. The van der Waals surface area contributed by atoms with E-state index in [0.29, 0.717) is 13.0 Å². The van der Waals surface area contributed by atoms with Crippen molar-refractivity contribution in [2.45, 2.75) is 55.9 Å². The largest absolute Gasteiger partial charge is 0.354 e. The Morgan fingerprint density at radius 1 is 1.10 bits per heavy atom. The monoisotopic (exact) mass is 436 g/mol. The topological polar surface area (TPSA) is 75.3 Å². The van der Waals surface area contributed by atoms with Crippen LogP contribution in [0, 0.1) is 23.2 Å². The Labute approximate surface area is 178 Å². The number of rotatable bonds is 9. The summed E-state index contributed by atoms with van der Waals surface area (Å²) in [6.07, 6.45) is 10.3. The molecule has 0 aliphatic heterocycles. The summed E-state index contributed by atoms with van der Waals surface area (Å²) in [6.45, 7) is 0.693. The number of nitrogens with one attached hydrogen (secondary N) is 2. The van der Waals surface area contributed by atoms with Gasteiger partial charge >= 0.3 is 0 Å². The molecule has 0 spiro atoms. The van der Waals surface area contributed by atoms with Crippen LogP contribution in [-0.4, -0.2) is 38.9 Å². The van der Waals surface area contributed by atoms with Crippen LogP contribution in [0.2, 0.25) is 0 Å². The highest BCUT2D eigenvalue weighted by Crippen LogP contribution is 2.59. The molecule has 160 valence electrons. The molecule has 1 aromatic rings. The third-order valence-electron chi connectivity index (χ3n) is 7.08. The first-order chi connectivity index (χ1) is 13.9. The maximum absolute atomic E-state index is 13.0. The average Bonchev–Trinajstić information content (AvgIpc) is 2.69. The van der Waals surface area contributed by atoms with E-state index >= 15 is 0 Å². The molecule has 4 aliphatic rings. The van der Waals surface area contributed by atoms with E-state index in [4.69, 9.17) is 0 Å². The van der Waals surface area contributed by atoms with Crippen LogP contribution in [0.15, 0.2) is 35.2 Å². The molecule has 5 rings (SSSR count). The van der Waals surface area contributed by atoms with Crippen LogP contribution in [0.1, 0.15) is 44.9 Å². The quantitative estimate of drug-likeness (QED) is 0.622. The van der Waals surface area contributed by atoms with Crippen molar-refractivity contribution in [3.63, 3.8) is 0 Å². The van der Waals surface area contributed by atoms with Crippen molar-refractivity contribution in [3.05, 3.63) is 30.3 Å². The first-order valence-electron chi connectivity index (χ1n) is 10.7. The lowest BCUT2D eigenvalue weighted by Crippen LogP contribution is -2.54. The van der Waals surface area contributed by atoms with E-state index in [-0.39, 0.29) is 16.2 Å². The molecule has 0 aromatic heterocycles. The average molecular weight is 437 g/mol. The van der Waals surface area contributed by atoms with E-state index in [9.17, 15) is 13.2 Å². The third-order valence-corrected chi connectivity index (χ3v) is 9.21. The van der Waals surface area contributed by atoms with Gasteiger partial charge in [0.15, 0.2) is 0 Å². The molecular formula is C22H32N2O3S2. The second kappa shape index (κ2) is 8.60. The number of benzene rings is 1. The molecule has 1 amide bonds. The Morgan fingerprint density at radius 2 is 1.69 bits per heavy atom. The fourth-order valence-corrected chi connectivity index (χ4v) is 7.96. The SMILES string of the molecule is CSCCC(NS(=O)(=O)c1ccccc1)C(=O)NCC12CC3CC(CC(C3)C1)C2. The second-order valence-corrected chi connectivity index (χ2v) is 12.1. The Kier molecular flexibility index (Phi) is 6.28. The molecule has 1 aromatic carbocycles. The molecule has 1 unspecified atom stereocenters. The summed E-state index contributed by atoms with van der Waals surface area (Å²) in [4.78, 5) is 13.2. The molecule has 0 saturated heterocycles. The van der Waals surface area contributed by atoms with Crippen molar-refractivity contribution < 1.29 is 13.2 Å². The van der Waals surface area contributed by atoms with Crippen molar-refractivity contribution in [1.29, 1.82) is 0 Å². The molecule has 0 heterocycles. The molecule has 2 N–H and O–H groups in total. The van der Waals surface area contributed by atoms with Gasteiger partial charge in [0.25, 0.3) is 0 Å². The Hall–Kier alpha value is -1.05. The molecule has 4 aliphatic carbocycles. The summed E-state index contributed by atoms with van der Waals surface area (Å²) in [5.41, 5.74) is 0.243. The standard InChI is InChI=1S/C22H32N2O3S2/c1-28-8-7-20(24-29(26,27)19-5-3-2-4-6-19)21(25)23-15-22-12-16-9-17(13-22)11-18(10-16)14-22/h2-6,16-18,20,24H,7-15H2,1H3,(H,23,25). The fraction of sp³-hybridized carbons (Fsp3) is 0.682. The molecule has 5 nitrogen and oxygen atoms in total. The predicted octanol–water partition coefficient (Wildman–Crippen LogP) is 3.42. The zero-order chi connectivity index (χ0) is 20.5. The third kappa shape index (κ3) is 4.83. The maximum atomic E-state index is 13.0. The summed E-state index contributed by atoms with van der Waals surface area (Å²) in [5.74, 6) is 3.05. The number of thioether (sulfide) groups is 1. The van der Waals surface area contributed by atoms with E-state index in [1.54, 1.807) is 42.1 Å². The van der Waals surface area contributed by atoms with Crippen LogP contribution < -0.4 is 10.0 Å². The molecule has 0 radical (unpaired) electrons. The van der Waals surface area contributed by atoms with E-state index in [1.807, 2.05) is 6.26 Å². The van der Waals surface area contributed by atoms with Gasteiger partial charge in [-0.1, -0.05) is 18.2 Å². The van der Waals surface area contributed by atoms with Crippen molar-refractivity contribution in [2.75, 3.05) is 18.6 Å². The van der Waals surface area contributed by atoms with E-state index in [1.165, 1.54) is 38.5 Å². The lowest BCUT2D eigenvalue weighted by Gasteiger charge is -2.57. The predicted molar refractivity (Wildman–Crippen MR) is 117 cm³/mol. The van der Waals surface area contributed by atoms with E-state index in [2.05, 4.69) is 10.0 Å². The highest BCUT2D eigenvalue weighted by atomic mass is 32.2. The van der Waals surface area contributed by atoms with Gasteiger partial charge in [-0.05, 0) is 92.3 Å². The lowest BCUT2D eigenvalue weighted by atomic mass is 9.49. The minimum atomic E-state index is -3.72. The van der Waals surface area contributed by atoms with Gasteiger partial charge < -0.3 is 5.32 Å². The molecule has 7 heteroatoms. The maximum Gasteiger partial charge on any atom is 0.241 e. The van der Waals surface area contributed by atoms with Crippen LogP contribution in [0.25, 0.3) is 0 Å². The zero-order valence-electron chi connectivity index (χ0n) is 17.1. The summed E-state index contributed by atoms with van der Waals surface area (Å²) in [5, 5.41) is 3.15. The summed E-state index contributed by atoms with van der Waals surface area (Å²) >= 11 is 1.62. The number of sulfonamides is 1.